The number of nitrogens with one attached hydrogen (secondary N) is 1. The summed E-state index contributed by atoms with van der Waals surface area (Å²) in [6.07, 6.45) is 4.03. The van der Waals surface area contributed by atoms with Crippen molar-refractivity contribution in [2.75, 3.05) is 13.2 Å². The molecular weight excluding hydrogens is 286 g/mol. The first-order valence-corrected chi connectivity index (χ1v) is 7.67. The van der Waals surface area contributed by atoms with Gasteiger partial charge in [0.2, 0.25) is 10.0 Å². The van der Waals surface area contributed by atoms with Gasteiger partial charge in [-0.25, -0.2) is 13.1 Å². The third-order valence-electron chi connectivity index (χ3n) is 3.15. The molecule has 112 valence electrons. The summed E-state index contributed by atoms with van der Waals surface area (Å²) in [6, 6.07) is 0. The zero-order valence-electron chi connectivity index (χ0n) is 11.1. The van der Waals surface area contributed by atoms with E-state index in [-0.39, 0.29) is 18.0 Å². The van der Waals surface area contributed by atoms with E-state index in [1.54, 1.807) is 0 Å². The van der Waals surface area contributed by atoms with Crippen LogP contribution in [0.1, 0.15) is 19.8 Å². The maximum Gasteiger partial charge on any atom is 0.325 e. The number of carboxylic acids is 1. The van der Waals surface area contributed by atoms with Gasteiger partial charge in [0.25, 0.3) is 0 Å². The molecule has 0 bridgehead atoms. The lowest BCUT2D eigenvalue weighted by atomic mass is 10.0. The zero-order valence-corrected chi connectivity index (χ0v) is 11.9. The maximum atomic E-state index is 12.1. The van der Waals surface area contributed by atoms with Crippen molar-refractivity contribution in [2.24, 2.45) is 0 Å². The minimum absolute atomic E-state index is 0.0552. The Bertz CT molecular complexity index is 589. The Morgan fingerprint density at radius 3 is 3.00 bits per heavy atom. The zero-order chi connectivity index (χ0) is 14.8. The Kier molecular flexibility index (Phi) is 4.11. The quantitative estimate of drug-likeness (QED) is 0.754. The van der Waals surface area contributed by atoms with E-state index in [2.05, 4.69) is 9.82 Å². The van der Waals surface area contributed by atoms with Crippen LogP contribution in [0.25, 0.3) is 0 Å². The van der Waals surface area contributed by atoms with Crippen LogP contribution in [0.5, 0.6) is 0 Å². The minimum atomic E-state index is -3.71. The van der Waals surface area contributed by atoms with Crippen LogP contribution < -0.4 is 4.72 Å². The Morgan fingerprint density at radius 2 is 2.40 bits per heavy atom. The molecule has 0 saturated carbocycles. The van der Waals surface area contributed by atoms with Crippen molar-refractivity contribution in [1.29, 1.82) is 0 Å². The average Bonchev–Trinajstić information content (AvgIpc) is 2.97. The number of aromatic nitrogens is 2. The molecule has 2 N–H and O–H groups in total. The highest BCUT2D eigenvalue weighted by molar-refractivity contribution is 7.89. The first-order valence-electron chi connectivity index (χ1n) is 6.19. The largest absolute Gasteiger partial charge is 0.480 e. The van der Waals surface area contributed by atoms with Crippen LogP contribution >= 0.6 is 0 Å². The van der Waals surface area contributed by atoms with Gasteiger partial charge in [-0.2, -0.15) is 5.10 Å². The molecule has 1 fully saturated rings. The van der Waals surface area contributed by atoms with E-state index in [1.165, 1.54) is 6.20 Å². The van der Waals surface area contributed by atoms with Crippen molar-refractivity contribution in [3.63, 3.8) is 0 Å². The summed E-state index contributed by atoms with van der Waals surface area (Å²) in [5.41, 5.74) is -0.482. The molecule has 2 heterocycles. The van der Waals surface area contributed by atoms with E-state index in [9.17, 15) is 13.2 Å². The van der Waals surface area contributed by atoms with Crippen LogP contribution in [0.3, 0.4) is 0 Å². The van der Waals surface area contributed by atoms with E-state index >= 15 is 0 Å². The SMILES string of the molecule is CC1(CNS(=O)(=O)c2cnn(CC(=O)O)c2)CCCO1. The van der Waals surface area contributed by atoms with Crippen molar-refractivity contribution in [3.8, 4) is 0 Å². The number of carbonyl (C=O) groups is 1. The molecule has 0 radical (unpaired) electrons. The number of hydrogen-bond donors (Lipinski definition) is 2. The van der Waals surface area contributed by atoms with Gasteiger partial charge in [-0.3, -0.25) is 9.48 Å². The molecule has 2 rings (SSSR count). The highest BCUT2D eigenvalue weighted by Gasteiger charge is 2.31. The van der Waals surface area contributed by atoms with Crippen LogP contribution in [0.2, 0.25) is 0 Å². The molecule has 1 saturated heterocycles. The van der Waals surface area contributed by atoms with Crippen LogP contribution in [0, 0.1) is 0 Å². The number of nitrogens with zero attached hydrogens (tertiary/aromatic N) is 2. The lowest BCUT2D eigenvalue weighted by molar-refractivity contribution is -0.137. The van der Waals surface area contributed by atoms with Crippen LogP contribution in [-0.4, -0.2) is 48.0 Å². The van der Waals surface area contributed by atoms with E-state index in [0.29, 0.717) is 6.61 Å². The smallest absolute Gasteiger partial charge is 0.325 e. The second-order valence-electron chi connectivity index (χ2n) is 4.99. The van der Waals surface area contributed by atoms with Crippen LogP contribution in [0.15, 0.2) is 17.3 Å². The minimum Gasteiger partial charge on any atom is -0.480 e. The van der Waals surface area contributed by atoms with Crippen molar-refractivity contribution >= 4 is 16.0 Å². The van der Waals surface area contributed by atoms with Gasteiger partial charge in [-0.15, -0.1) is 0 Å². The van der Waals surface area contributed by atoms with E-state index in [0.717, 1.165) is 23.7 Å². The van der Waals surface area contributed by atoms with Gasteiger partial charge in [0.15, 0.2) is 0 Å². The number of carboxylic acid groups (broad SMARTS) is 1. The van der Waals surface area contributed by atoms with Gasteiger partial charge in [0.1, 0.15) is 11.4 Å². The first-order chi connectivity index (χ1) is 9.31. The van der Waals surface area contributed by atoms with Gasteiger partial charge in [-0.1, -0.05) is 0 Å². The second kappa shape index (κ2) is 5.51. The summed E-state index contributed by atoms with van der Waals surface area (Å²) in [5, 5.41) is 12.3. The molecule has 0 aromatic carbocycles. The lowest BCUT2D eigenvalue weighted by Gasteiger charge is -2.22. The molecule has 9 heteroatoms. The van der Waals surface area contributed by atoms with Crippen molar-refractivity contribution in [1.82, 2.24) is 14.5 Å². The Morgan fingerprint density at radius 1 is 1.65 bits per heavy atom. The molecule has 1 aromatic rings. The summed E-state index contributed by atoms with van der Waals surface area (Å²) in [7, 11) is -3.71. The first kappa shape index (κ1) is 14.9. The summed E-state index contributed by atoms with van der Waals surface area (Å²) >= 11 is 0. The van der Waals surface area contributed by atoms with Crippen molar-refractivity contribution in [3.05, 3.63) is 12.4 Å². The fourth-order valence-corrected chi connectivity index (χ4v) is 3.12. The predicted molar refractivity (Wildman–Crippen MR) is 68.6 cm³/mol. The lowest BCUT2D eigenvalue weighted by Crippen LogP contribution is -2.39. The van der Waals surface area contributed by atoms with Gasteiger partial charge < -0.3 is 9.84 Å². The number of aliphatic carboxylic acids is 1. The Labute approximate surface area is 116 Å². The number of sulfonamides is 1. The fourth-order valence-electron chi connectivity index (χ4n) is 2.02. The number of ether oxygens (including phenoxy) is 1. The van der Waals surface area contributed by atoms with Crippen LogP contribution in [-0.2, 0) is 26.1 Å². The molecule has 1 aliphatic rings. The molecular formula is C11H17N3O5S. The van der Waals surface area contributed by atoms with Gasteiger partial charge in [0.05, 0.1) is 11.8 Å². The summed E-state index contributed by atoms with van der Waals surface area (Å²) in [5.74, 6) is -1.09. The molecule has 0 amide bonds. The Balaban J connectivity index is 2.02. The molecule has 1 unspecified atom stereocenters. The van der Waals surface area contributed by atoms with Crippen LogP contribution in [0.4, 0.5) is 0 Å². The molecule has 0 spiro atoms. The highest BCUT2D eigenvalue weighted by atomic mass is 32.2. The normalized spacial score (nSPS) is 23.1. The average molecular weight is 303 g/mol. The Hall–Kier alpha value is -1.45. The predicted octanol–water partition coefficient (Wildman–Crippen LogP) is -0.185. The van der Waals surface area contributed by atoms with Crippen molar-refractivity contribution in [2.45, 2.75) is 36.8 Å². The standard InChI is InChI=1S/C11H17N3O5S/c1-11(3-2-4-19-11)8-13-20(17,18)9-5-12-14(6-9)7-10(15)16/h5-6,13H,2-4,7-8H2,1H3,(H,15,16). The second-order valence-corrected chi connectivity index (χ2v) is 6.76. The number of rotatable bonds is 6. The van der Waals surface area contributed by atoms with Crippen molar-refractivity contribution < 1.29 is 23.1 Å². The molecule has 1 atom stereocenters. The molecule has 0 aliphatic carbocycles. The van der Waals surface area contributed by atoms with Gasteiger partial charge >= 0.3 is 5.97 Å². The molecule has 1 aliphatic heterocycles. The topological polar surface area (TPSA) is 111 Å². The maximum absolute atomic E-state index is 12.1. The summed E-state index contributed by atoms with van der Waals surface area (Å²) in [4.78, 5) is 10.5. The third-order valence-corrected chi connectivity index (χ3v) is 4.51. The van der Waals surface area contributed by atoms with E-state index in [1.807, 2.05) is 6.92 Å². The third kappa shape index (κ3) is 3.56. The van der Waals surface area contributed by atoms with Gasteiger partial charge in [-0.05, 0) is 19.8 Å². The molecule has 1 aromatic heterocycles. The fraction of sp³-hybridized carbons (Fsp3) is 0.636. The number of hydrogen-bond acceptors (Lipinski definition) is 5. The summed E-state index contributed by atoms with van der Waals surface area (Å²) < 4.78 is 33.2. The van der Waals surface area contributed by atoms with E-state index < -0.39 is 21.6 Å². The molecule has 8 nitrogen and oxygen atoms in total. The van der Waals surface area contributed by atoms with Gasteiger partial charge in [0, 0.05) is 19.3 Å². The van der Waals surface area contributed by atoms with E-state index in [4.69, 9.17) is 9.84 Å². The monoisotopic (exact) mass is 303 g/mol. The summed E-state index contributed by atoms with van der Waals surface area (Å²) in [6.45, 7) is 2.29. The molecule has 20 heavy (non-hydrogen) atoms. The highest BCUT2D eigenvalue weighted by Crippen LogP contribution is 2.24.